The smallest absolute Gasteiger partial charge is 0.129 e. The van der Waals surface area contributed by atoms with E-state index >= 15 is 0 Å². The van der Waals surface area contributed by atoms with Crippen LogP contribution in [0, 0.1) is 5.82 Å². The Morgan fingerprint density at radius 3 is 2.76 bits per heavy atom. The number of rotatable bonds is 3. The second-order valence-corrected chi connectivity index (χ2v) is 4.03. The molecule has 0 amide bonds. The van der Waals surface area contributed by atoms with E-state index in [1.807, 2.05) is 0 Å². The van der Waals surface area contributed by atoms with Gasteiger partial charge in [0.1, 0.15) is 18.2 Å². The first-order chi connectivity index (χ1) is 8.15. The van der Waals surface area contributed by atoms with E-state index in [1.54, 1.807) is 30.3 Å². The van der Waals surface area contributed by atoms with Gasteiger partial charge < -0.3 is 10.5 Å². The summed E-state index contributed by atoms with van der Waals surface area (Å²) < 4.78 is 18.8. The SMILES string of the molecule is Nc1cccc(OCc2cc(Cl)ccc2F)c1. The van der Waals surface area contributed by atoms with E-state index in [0.29, 0.717) is 22.0 Å². The standard InChI is InChI=1S/C13H11ClFNO/c14-10-4-5-13(15)9(6-10)8-17-12-3-1-2-11(16)7-12/h1-7H,8,16H2. The van der Waals surface area contributed by atoms with E-state index in [4.69, 9.17) is 22.1 Å². The number of benzene rings is 2. The van der Waals surface area contributed by atoms with E-state index in [2.05, 4.69) is 0 Å². The van der Waals surface area contributed by atoms with Crippen LogP contribution in [0.4, 0.5) is 10.1 Å². The number of hydrogen-bond acceptors (Lipinski definition) is 2. The van der Waals surface area contributed by atoms with Gasteiger partial charge in [-0.2, -0.15) is 0 Å². The molecule has 4 heteroatoms. The lowest BCUT2D eigenvalue weighted by molar-refractivity contribution is 0.300. The van der Waals surface area contributed by atoms with Gasteiger partial charge in [-0.1, -0.05) is 17.7 Å². The zero-order valence-corrected chi connectivity index (χ0v) is 9.75. The van der Waals surface area contributed by atoms with Crippen molar-refractivity contribution in [3.63, 3.8) is 0 Å². The molecule has 0 atom stereocenters. The molecule has 0 aliphatic carbocycles. The Bertz CT molecular complexity index is 531. The number of ether oxygens (including phenoxy) is 1. The molecule has 2 aromatic carbocycles. The van der Waals surface area contributed by atoms with Crippen molar-refractivity contribution in [2.24, 2.45) is 0 Å². The van der Waals surface area contributed by atoms with Crippen molar-refractivity contribution < 1.29 is 9.13 Å². The molecule has 2 rings (SSSR count). The Labute approximate surface area is 104 Å². The molecule has 0 unspecified atom stereocenters. The Hall–Kier alpha value is -1.74. The molecule has 0 aliphatic rings. The van der Waals surface area contributed by atoms with Gasteiger partial charge in [-0.15, -0.1) is 0 Å². The lowest BCUT2D eigenvalue weighted by Gasteiger charge is -2.08. The van der Waals surface area contributed by atoms with E-state index in [-0.39, 0.29) is 12.4 Å². The van der Waals surface area contributed by atoms with Gasteiger partial charge in [-0.05, 0) is 30.3 Å². The lowest BCUT2D eigenvalue weighted by Crippen LogP contribution is -1.99. The Morgan fingerprint density at radius 1 is 1.18 bits per heavy atom. The topological polar surface area (TPSA) is 35.2 Å². The molecule has 0 saturated heterocycles. The van der Waals surface area contributed by atoms with Gasteiger partial charge >= 0.3 is 0 Å². The summed E-state index contributed by atoms with van der Waals surface area (Å²) in [7, 11) is 0. The highest BCUT2D eigenvalue weighted by atomic mass is 35.5. The molecule has 0 bridgehead atoms. The molecule has 0 radical (unpaired) electrons. The molecule has 2 aromatic rings. The second-order valence-electron chi connectivity index (χ2n) is 3.60. The normalized spacial score (nSPS) is 10.2. The highest BCUT2D eigenvalue weighted by Gasteiger charge is 2.04. The molecule has 0 heterocycles. The Morgan fingerprint density at radius 2 is 2.00 bits per heavy atom. The molecule has 2 nitrogen and oxygen atoms in total. The number of anilines is 1. The van der Waals surface area contributed by atoms with Crippen LogP contribution < -0.4 is 10.5 Å². The minimum atomic E-state index is -0.335. The predicted molar refractivity (Wildman–Crippen MR) is 66.6 cm³/mol. The van der Waals surface area contributed by atoms with Crippen molar-refractivity contribution in [1.29, 1.82) is 0 Å². The number of nitrogens with two attached hydrogens (primary N) is 1. The van der Waals surface area contributed by atoms with Crippen LogP contribution in [0.3, 0.4) is 0 Å². The summed E-state index contributed by atoms with van der Waals surface area (Å²) >= 11 is 5.78. The van der Waals surface area contributed by atoms with Gasteiger partial charge in [0.25, 0.3) is 0 Å². The summed E-state index contributed by atoms with van der Waals surface area (Å²) in [4.78, 5) is 0. The molecule has 0 fully saturated rings. The van der Waals surface area contributed by atoms with Gasteiger partial charge in [-0.3, -0.25) is 0 Å². The summed E-state index contributed by atoms with van der Waals surface area (Å²) in [6.07, 6.45) is 0. The van der Waals surface area contributed by atoms with Gasteiger partial charge in [0.15, 0.2) is 0 Å². The third-order valence-electron chi connectivity index (χ3n) is 2.26. The Kier molecular flexibility index (Phi) is 3.49. The first-order valence-corrected chi connectivity index (χ1v) is 5.45. The third kappa shape index (κ3) is 3.11. The number of hydrogen-bond donors (Lipinski definition) is 1. The van der Waals surface area contributed by atoms with E-state index in [1.165, 1.54) is 12.1 Å². The average Bonchev–Trinajstić information content (AvgIpc) is 2.30. The zero-order valence-electron chi connectivity index (χ0n) is 8.99. The Balaban J connectivity index is 2.09. The molecule has 0 spiro atoms. The van der Waals surface area contributed by atoms with Crippen LogP contribution in [0.15, 0.2) is 42.5 Å². The fourth-order valence-corrected chi connectivity index (χ4v) is 1.61. The number of halogens is 2. The van der Waals surface area contributed by atoms with Crippen molar-refractivity contribution in [3.8, 4) is 5.75 Å². The molecule has 17 heavy (non-hydrogen) atoms. The summed E-state index contributed by atoms with van der Waals surface area (Å²) in [6.45, 7) is 0.121. The third-order valence-corrected chi connectivity index (χ3v) is 2.50. The van der Waals surface area contributed by atoms with E-state index in [0.717, 1.165) is 0 Å². The molecule has 0 saturated carbocycles. The molecule has 0 aliphatic heterocycles. The summed E-state index contributed by atoms with van der Waals surface area (Å²) in [5, 5.41) is 0.484. The van der Waals surface area contributed by atoms with Crippen molar-refractivity contribution in [2.75, 3.05) is 5.73 Å². The van der Waals surface area contributed by atoms with Crippen LogP contribution in [0.5, 0.6) is 5.75 Å². The van der Waals surface area contributed by atoms with E-state index < -0.39 is 0 Å². The minimum Gasteiger partial charge on any atom is -0.489 e. The fraction of sp³-hybridized carbons (Fsp3) is 0.0769. The molecular formula is C13H11ClFNO. The van der Waals surface area contributed by atoms with Gasteiger partial charge in [-0.25, -0.2) is 4.39 Å². The van der Waals surface area contributed by atoms with Crippen LogP contribution >= 0.6 is 11.6 Å². The summed E-state index contributed by atoms with van der Waals surface area (Å²) in [5.74, 6) is 0.266. The number of nitrogen functional groups attached to an aromatic ring is 1. The quantitative estimate of drug-likeness (QED) is 0.846. The van der Waals surface area contributed by atoms with Crippen molar-refractivity contribution in [3.05, 3.63) is 58.9 Å². The predicted octanol–water partition coefficient (Wildman–Crippen LogP) is 3.64. The van der Waals surface area contributed by atoms with Gasteiger partial charge in [0.2, 0.25) is 0 Å². The van der Waals surface area contributed by atoms with Crippen LogP contribution in [-0.2, 0) is 6.61 Å². The molecule has 88 valence electrons. The molecule has 2 N–H and O–H groups in total. The van der Waals surface area contributed by atoms with Gasteiger partial charge in [0.05, 0.1) is 0 Å². The first-order valence-electron chi connectivity index (χ1n) is 5.07. The summed E-state index contributed by atoms with van der Waals surface area (Å²) in [6, 6.07) is 11.3. The van der Waals surface area contributed by atoms with E-state index in [9.17, 15) is 4.39 Å². The molecular weight excluding hydrogens is 241 g/mol. The van der Waals surface area contributed by atoms with Crippen molar-refractivity contribution >= 4 is 17.3 Å². The monoisotopic (exact) mass is 251 g/mol. The van der Waals surface area contributed by atoms with Crippen LogP contribution in [0.1, 0.15) is 5.56 Å². The summed E-state index contributed by atoms with van der Waals surface area (Å²) in [5.41, 5.74) is 6.63. The maximum Gasteiger partial charge on any atom is 0.129 e. The highest BCUT2D eigenvalue weighted by Crippen LogP contribution is 2.19. The van der Waals surface area contributed by atoms with Crippen LogP contribution in [-0.4, -0.2) is 0 Å². The minimum absolute atomic E-state index is 0.121. The maximum atomic E-state index is 13.4. The second kappa shape index (κ2) is 5.06. The van der Waals surface area contributed by atoms with Crippen molar-refractivity contribution in [1.82, 2.24) is 0 Å². The first kappa shape index (κ1) is 11.7. The highest BCUT2D eigenvalue weighted by molar-refractivity contribution is 6.30. The largest absolute Gasteiger partial charge is 0.489 e. The van der Waals surface area contributed by atoms with Gasteiger partial charge in [0, 0.05) is 22.3 Å². The maximum absolute atomic E-state index is 13.4. The fourth-order valence-electron chi connectivity index (χ4n) is 1.42. The zero-order chi connectivity index (χ0) is 12.3. The average molecular weight is 252 g/mol. The van der Waals surface area contributed by atoms with Crippen LogP contribution in [0.2, 0.25) is 5.02 Å². The lowest BCUT2D eigenvalue weighted by atomic mass is 10.2. The van der Waals surface area contributed by atoms with Crippen molar-refractivity contribution in [2.45, 2.75) is 6.61 Å². The molecule has 0 aromatic heterocycles. The van der Waals surface area contributed by atoms with Crippen LogP contribution in [0.25, 0.3) is 0 Å².